The maximum Gasteiger partial charge on any atom is 0.410 e. The highest BCUT2D eigenvalue weighted by atomic mass is 16.6. The molecule has 4 nitrogen and oxygen atoms in total. The zero-order valence-corrected chi connectivity index (χ0v) is 19.3. The van der Waals surface area contributed by atoms with Gasteiger partial charge in [0.2, 0.25) is 0 Å². The van der Waals surface area contributed by atoms with E-state index in [9.17, 15) is 4.79 Å². The Morgan fingerprint density at radius 2 is 1.94 bits per heavy atom. The van der Waals surface area contributed by atoms with Gasteiger partial charge in [0.05, 0.1) is 0 Å². The number of ether oxygens (including phenoxy) is 2. The van der Waals surface area contributed by atoms with Crippen LogP contribution in [0.4, 0.5) is 4.79 Å². The van der Waals surface area contributed by atoms with Crippen LogP contribution < -0.4 is 4.74 Å². The van der Waals surface area contributed by atoms with Crippen LogP contribution in [-0.4, -0.2) is 29.2 Å². The summed E-state index contributed by atoms with van der Waals surface area (Å²) in [6, 6.07) is 17.4. The molecule has 2 aromatic rings. The lowest BCUT2D eigenvalue weighted by Gasteiger charge is -2.53. The molecule has 32 heavy (non-hydrogen) atoms. The number of carbonyl (C=O) groups is 1. The van der Waals surface area contributed by atoms with Crippen molar-refractivity contribution in [3.63, 3.8) is 0 Å². The number of likely N-dealkylation sites (tertiary alicyclic amines) is 1. The van der Waals surface area contributed by atoms with Gasteiger partial charge in [0.1, 0.15) is 18.0 Å². The number of hydrogen-bond donors (Lipinski definition) is 0. The van der Waals surface area contributed by atoms with Crippen LogP contribution in [0.1, 0.15) is 69.1 Å². The van der Waals surface area contributed by atoms with Crippen molar-refractivity contribution in [1.82, 2.24) is 4.90 Å². The molecule has 0 N–H and O–H groups in total. The van der Waals surface area contributed by atoms with Crippen LogP contribution >= 0.6 is 0 Å². The third-order valence-electron chi connectivity index (χ3n) is 8.36. The van der Waals surface area contributed by atoms with E-state index in [-0.39, 0.29) is 11.5 Å². The Morgan fingerprint density at radius 1 is 1.12 bits per heavy atom. The smallest absolute Gasteiger partial charge is 0.410 e. The molecule has 1 amide bonds. The number of rotatable bonds is 3. The third kappa shape index (κ3) is 2.84. The number of nitrogens with zero attached hydrogens (tertiary/aromatic N) is 1. The number of carbonyl (C=O) groups excluding carboxylic acids is 1. The van der Waals surface area contributed by atoms with Crippen molar-refractivity contribution < 1.29 is 14.3 Å². The molecule has 5 unspecified atom stereocenters. The fourth-order valence-corrected chi connectivity index (χ4v) is 7.33. The lowest BCUT2D eigenvalue weighted by molar-refractivity contribution is -0.0348. The highest BCUT2D eigenvalue weighted by Crippen LogP contribution is 2.73. The first-order chi connectivity index (χ1) is 15.4. The summed E-state index contributed by atoms with van der Waals surface area (Å²) in [6.45, 7) is 7.30. The monoisotopic (exact) mass is 431 g/mol. The van der Waals surface area contributed by atoms with Gasteiger partial charge in [-0.1, -0.05) is 49.2 Å². The van der Waals surface area contributed by atoms with Gasteiger partial charge >= 0.3 is 6.09 Å². The topological polar surface area (TPSA) is 38.8 Å². The van der Waals surface area contributed by atoms with E-state index in [1.807, 2.05) is 31.7 Å². The Labute approximate surface area is 190 Å². The lowest BCUT2D eigenvalue weighted by atomic mass is 9.50. The lowest BCUT2D eigenvalue weighted by Crippen LogP contribution is -2.60. The van der Waals surface area contributed by atoms with Crippen molar-refractivity contribution in [2.24, 2.45) is 11.8 Å². The van der Waals surface area contributed by atoms with Crippen molar-refractivity contribution in [2.75, 3.05) is 6.54 Å². The van der Waals surface area contributed by atoms with Crippen molar-refractivity contribution in [3.05, 3.63) is 65.2 Å². The SMILES string of the molecule is CC(C)(C)OC(=O)N1CC2C1C1CCCCC13c1cc(OCc4ccccc4)ccc1C23. The van der Waals surface area contributed by atoms with Gasteiger partial charge in [0.25, 0.3) is 0 Å². The molecule has 3 aliphatic carbocycles. The van der Waals surface area contributed by atoms with E-state index in [1.54, 1.807) is 0 Å². The van der Waals surface area contributed by atoms with E-state index in [0.717, 1.165) is 12.3 Å². The van der Waals surface area contributed by atoms with Crippen molar-refractivity contribution in [2.45, 2.75) is 76.0 Å². The van der Waals surface area contributed by atoms with E-state index in [4.69, 9.17) is 9.47 Å². The summed E-state index contributed by atoms with van der Waals surface area (Å²) in [5.74, 6) is 2.68. The Hall–Kier alpha value is -2.49. The summed E-state index contributed by atoms with van der Waals surface area (Å²) < 4.78 is 11.9. The molecule has 2 saturated carbocycles. The average molecular weight is 432 g/mol. The van der Waals surface area contributed by atoms with Crippen molar-refractivity contribution in [3.8, 4) is 5.75 Å². The van der Waals surface area contributed by atoms with Crippen LogP contribution in [-0.2, 0) is 16.8 Å². The summed E-state index contributed by atoms with van der Waals surface area (Å²) in [6.07, 6.45) is 4.88. The van der Waals surface area contributed by atoms with Gasteiger partial charge in [-0.25, -0.2) is 4.79 Å². The first kappa shape index (κ1) is 20.1. The van der Waals surface area contributed by atoms with E-state index < -0.39 is 5.60 Å². The van der Waals surface area contributed by atoms with Gasteiger partial charge in [-0.15, -0.1) is 0 Å². The fraction of sp³-hybridized carbons (Fsp3) is 0.536. The molecule has 4 heteroatoms. The second-order valence-corrected chi connectivity index (χ2v) is 11.2. The highest BCUT2D eigenvalue weighted by molar-refractivity contribution is 5.71. The molecule has 3 fully saturated rings. The average Bonchev–Trinajstić information content (AvgIpc) is 2.93. The second kappa shape index (κ2) is 7.00. The largest absolute Gasteiger partial charge is 0.489 e. The van der Waals surface area contributed by atoms with Gasteiger partial charge in [-0.3, -0.25) is 0 Å². The predicted molar refractivity (Wildman–Crippen MR) is 124 cm³/mol. The maximum atomic E-state index is 12.9. The Bertz CT molecular complexity index is 1040. The second-order valence-electron chi connectivity index (χ2n) is 11.2. The van der Waals surface area contributed by atoms with Crippen LogP contribution in [0.25, 0.3) is 0 Å². The van der Waals surface area contributed by atoms with E-state index in [2.05, 4.69) is 42.5 Å². The zero-order chi connectivity index (χ0) is 22.1. The molecule has 5 atom stereocenters. The third-order valence-corrected chi connectivity index (χ3v) is 8.36. The molecule has 1 aliphatic heterocycles. The van der Waals surface area contributed by atoms with Crippen molar-refractivity contribution >= 4 is 6.09 Å². The summed E-state index contributed by atoms with van der Waals surface area (Å²) in [4.78, 5) is 15.0. The number of hydrogen-bond acceptors (Lipinski definition) is 3. The van der Waals surface area contributed by atoms with E-state index >= 15 is 0 Å². The minimum atomic E-state index is -0.446. The van der Waals surface area contributed by atoms with Crippen LogP contribution in [0.2, 0.25) is 0 Å². The predicted octanol–water partition coefficient (Wildman–Crippen LogP) is 6.04. The summed E-state index contributed by atoms with van der Waals surface area (Å²) >= 11 is 0. The first-order valence-corrected chi connectivity index (χ1v) is 12.2. The quantitative estimate of drug-likeness (QED) is 0.595. The van der Waals surface area contributed by atoms with Crippen LogP contribution in [0.5, 0.6) is 5.75 Å². The number of benzene rings is 2. The molecule has 6 rings (SSSR count). The Kier molecular flexibility index (Phi) is 4.41. The first-order valence-electron chi connectivity index (χ1n) is 12.2. The molecule has 1 heterocycles. The molecular formula is C28H33NO3. The number of fused-ring (bicyclic) bond motifs is 5. The van der Waals surface area contributed by atoms with Crippen LogP contribution in [0, 0.1) is 11.8 Å². The van der Waals surface area contributed by atoms with Gasteiger partial charge in [0, 0.05) is 29.8 Å². The van der Waals surface area contributed by atoms with Gasteiger partial charge in [0.15, 0.2) is 0 Å². The minimum Gasteiger partial charge on any atom is -0.489 e. The molecule has 1 spiro atoms. The molecule has 1 saturated heterocycles. The van der Waals surface area contributed by atoms with Crippen LogP contribution in [0.15, 0.2) is 48.5 Å². The molecule has 0 aromatic heterocycles. The number of amides is 1. The normalized spacial score (nSPS) is 31.9. The zero-order valence-electron chi connectivity index (χ0n) is 19.3. The summed E-state index contributed by atoms with van der Waals surface area (Å²) in [5.41, 5.74) is 3.97. The fourth-order valence-electron chi connectivity index (χ4n) is 7.33. The maximum absolute atomic E-state index is 12.9. The Morgan fingerprint density at radius 3 is 2.72 bits per heavy atom. The van der Waals surface area contributed by atoms with Gasteiger partial charge in [-0.05, 0) is 68.4 Å². The molecule has 0 radical (unpaired) electrons. The highest BCUT2D eigenvalue weighted by Gasteiger charge is 2.72. The van der Waals surface area contributed by atoms with Crippen molar-refractivity contribution in [1.29, 1.82) is 0 Å². The minimum absolute atomic E-state index is 0.128. The van der Waals surface area contributed by atoms with Gasteiger partial charge in [-0.2, -0.15) is 0 Å². The molecular weight excluding hydrogens is 398 g/mol. The standard InChI is InChI=1S/C28H33NO3/c1-27(2,3)32-26(30)29-16-21-24-20-13-12-19(31-17-18-9-5-4-6-10-18)15-23(20)28(24)14-8-7-11-22(28)25(21)29/h4-6,9-10,12-13,15,21-22,24-25H,7-8,11,14,16-17H2,1-3H3. The van der Waals surface area contributed by atoms with E-state index in [0.29, 0.717) is 30.4 Å². The molecule has 2 aromatic carbocycles. The Balaban J connectivity index is 1.27. The van der Waals surface area contributed by atoms with Crippen LogP contribution in [0.3, 0.4) is 0 Å². The molecule has 4 aliphatic rings. The summed E-state index contributed by atoms with van der Waals surface area (Å²) in [5, 5.41) is 0. The van der Waals surface area contributed by atoms with Gasteiger partial charge < -0.3 is 14.4 Å². The van der Waals surface area contributed by atoms with E-state index in [1.165, 1.54) is 42.4 Å². The molecule has 0 bridgehead atoms. The molecule has 168 valence electrons. The summed E-state index contributed by atoms with van der Waals surface area (Å²) in [7, 11) is 0.